The topological polar surface area (TPSA) is 64.6 Å². The molecule has 5 nitrogen and oxygen atoms in total. The largest absolute Gasteiger partial charge is 0.496 e. The highest BCUT2D eigenvalue weighted by atomic mass is 32.2. The first-order valence-electron chi connectivity index (χ1n) is 9.79. The van der Waals surface area contributed by atoms with Gasteiger partial charge in [-0.2, -0.15) is 17.9 Å². The Morgan fingerprint density at radius 2 is 1.79 bits per heavy atom. The Morgan fingerprint density at radius 3 is 2.42 bits per heavy atom. The van der Waals surface area contributed by atoms with Crippen molar-refractivity contribution in [3.63, 3.8) is 0 Å². The van der Waals surface area contributed by atoms with Gasteiger partial charge in [0.1, 0.15) is 11.5 Å². The molecule has 3 aromatic rings. The Labute approximate surface area is 189 Å². The summed E-state index contributed by atoms with van der Waals surface area (Å²) in [4.78, 5) is 0. The predicted octanol–water partition coefficient (Wildman–Crippen LogP) is 5.17. The van der Waals surface area contributed by atoms with Crippen molar-refractivity contribution in [3.8, 4) is 22.6 Å². The minimum Gasteiger partial charge on any atom is -0.496 e. The number of benzene rings is 3. The summed E-state index contributed by atoms with van der Waals surface area (Å²) in [6.45, 7) is 3.81. The first kappa shape index (κ1) is 22.9. The van der Waals surface area contributed by atoms with Crippen LogP contribution in [0.25, 0.3) is 17.2 Å². The summed E-state index contributed by atoms with van der Waals surface area (Å²) in [7, 11) is -2.50. The molecular formula is C24H20F3NO4S. The number of ether oxygens (including phenoxy) is 2. The fourth-order valence-electron chi connectivity index (χ4n) is 4.10. The van der Waals surface area contributed by atoms with Gasteiger partial charge in [-0.15, -0.1) is 0 Å². The fraction of sp³-hybridized carbons (Fsp3) is 0.167. The molecule has 0 fully saturated rings. The Hall–Kier alpha value is -3.30. The molecule has 0 spiro atoms. The molecule has 0 bridgehead atoms. The van der Waals surface area contributed by atoms with Gasteiger partial charge in [-0.05, 0) is 35.4 Å². The van der Waals surface area contributed by atoms with Gasteiger partial charge < -0.3 is 9.47 Å². The lowest BCUT2D eigenvalue weighted by Crippen LogP contribution is -2.52. The minimum atomic E-state index is -4.64. The van der Waals surface area contributed by atoms with E-state index in [4.69, 9.17) is 9.47 Å². The highest BCUT2D eigenvalue weighted by Gasteiger charge is 2.48. The zero-order chi connectivity index (χ0) is 24.0. The van der Waals surface area contributed by atoms with Crippen molar-refractivity contribution in [3.05, 3.63) is 89.5 Å². The van der Waals surface area contributed by atoms with Crippen LogP contribution >= 0.6 is 0 Å². The third-order valence-corrected chi connectivity index (χ3v) is 5.99. The first-order chi connectivity index (χ1) is 15.5. The zero-order valence-corrected chi connectivity index (χ0v) is 18.5. The van der Waals surface area contributed by atoms with Gasteiger partial charge in [-0.1, -0.05) is 49.1 Å². The Bertz CT molecular complexity index is 1350. The van der Waals surface area contributed by atoms with Crippen LogP contribution in [-0.4, -0.2) is 21.8 Å². The van der Waals surface area contributed by atoms with Crippen molar-refractivity contribution in [2.75, 3.05) is 13.4 Å². The third kappa shape index (κ3) is 3.98. The number of alkyl halides is 3. The van der Waals surface area contributed by atoms with Crippen molar-refractivity contribution in [2.24, 2.45) is 0 Å². The normalized spacial score (nSPS) is 17.5. The van der Waals surface area contributed by atoms with E-state index >= 15 is 0 Å². The maximum atomic E-state index is 13.6. The van der Waals surface area contributed by atoms with E-state index in [2.05, 4.69) is 11.3 Å². The quantitative estimate of drug-likeness (QED) is 0.553. The average molecular weight is 475 g/mol. The molecule has 172 valence electrons. The SMILES string of the molecule is C=Cc1cccc2c1C(NS(C)(=O)=O)(c1cccc(C(F)(F)F)c1)Oc1cccc(OC)c1-2. The van der Waals surface area contributed by atoms with Crippen LogP contribution < -0.4 is 14.2 Å². The highest BCUT2D eigenvalue weighted by Crippen LogP contribution is 2.52. The standard InChI is InChI=1S/C24H20F3NO4S/c1-4-15-8-5-11-18-21-19(31-2)12-7-13-20(21)32-23(22(15)18,28-33(3,29)30)16-9-6-10-17(14-16)24(25,26)27/h4-14,28H,1H2,2-3H3. The molecule has 0 radical (unpaired) electrons. The lowest BCUT2D eigenvalue weighted by Gasteiger charge is -2.41. The van der Waals surface area contributed by atoms with E-state index in [9.17, 15) is 21.6 Å². The van der Waals surface area contributed by atoms with Crippen molar-refractivity contribution >= 4 is 16.1 Å². The molecular weight excluding hydrogens is 455 g/mol. The van der Waals surface area contributed by atoms with Gasteiger partial charge in [-0.25, -0.2) is 8.42 Å². The van der Waals surface area contributed by atoms with Crippen molar-refractivity contribution in [1.29, 1.82) is 0 Å². The summed E-state index contributed by atoms with van der Waals surface area (Å²) >= 11 is 0. The van der Waals surface area contributed by atoms with Gasteiger partial charge in [0, 0.05) is 11.1 Å². The Kier molecular flexibility index (Phi) is 5.50. The molecule has 1 atom stereocenters. The van der Waals surface area contributed by atoms with Crippen molar-refractivity contribution in [2.45, 2.75) is 11.9 Å². The van der Waals surface area contributed by atoms with Gasteiger partial charge >= 0.3 is 6.18 Å². The maximum absolute atomic E-state index is 13.6. The maximum Gasteiger partial charge on any atom is 0.416 e. The van der Waals surface area contributed by atoms with E-state index in [1.165, 1.54) is 25.3 Å². The summed E-state index contributed by atoms with van der Waals surface area (Å²) in [6, 6.07) is 14.5. The molecule has 9 heteroatoms. The van der Waals surface area contributed by atoms with Gasteiger partial charge in [0.2, 0.25) is 15.7 Å². The van der Waals surface area contributed by atoms with E-state index in [-0.39, 0.29) is 11.3 Å². The van der Waals surface area contributed by atoms with Crippen LogP contribution in [0.1, 0.15) is 22.3 Å². The van der Waals surface area contributed by atoms with E-state index < -0.39 is 27.5 Å². The lowest BCUT2D eigenvalue weighted by molar-refractivity contribution is -0.137. The highest BCUT2D eigenvalue weighted by molar-refractivity contribution is 7.88. The number of methoxy groups -OCH3 is 1. The van der Waals surface area contributed by atoms with Gasteiger partial charge in [0.25, 0.3) is 0 Å². The summed E-state index contributed by atoms with van der Waals surface area (Å²) < 4.78 is 80.0. The molecule has 4 rings (SSSR count). The van der Waals surface area contributed by atoms with Crippen LogP contribution in [0.3, 0.4) is 0 Å². The molecule has 1 aliphatic heterocycles. The smallest absolute Gasteiger partial charge is 0.416 e. The molecule has 0 aromatic heterocycles. The van der Waals surface area contributed by atoms with E-state index in [0.29, 0.717) is 28.0 Å². The number of hydrogen-bond donors (Lipinski definition) is 1. The lowest BCUT2D eigenvalue weighted by atomic mass is 9.82. The number of fused-ring (bicyclic) bond motifs is 3. The zero-order valence-electron chi connectivity index (χ0n) is 17.7. The molecule has 3 aromatic carbocycles. The molecule has 1 unspecified atom stereocenters. The Balaban J connectivity index is 2.15. The summed E-state index contributed by atoms with van der Waals surface area (Å²) in [5, 5.41) is 0. The number of hydrogen-bond acceptors (Lipinski definition) is 4. The Morgan fingerprint density at radius 1 is 1.09 bits per heavy atom. The van der Waals surface area contributed by atoms with E-state index in [0.717, 1.165) is 18.4 Å². The van der Waals surface area contributed by atoms with Gasteiger partial charge in [-0.3, -0.25) is 0 Å². The average Bonchev–Trinajstić information content (AvgIpc) is 2.76. The number of sulfonamides is 1. The summed E-state index contributed by atoms with van der Waals surface area (Å²) in [5.74, 6) is 0.712. The number of rotatable bonds is 5. The molecule has 1 aliphatic rings. The van der Waals surface area contributed by atoms with Crippen LogP contribution in [0.2, 0.25) is 0 Å². The van der Waals surface area contributed by atoms with E-state index in [1.807, 2.05) is 0 Å². The molecule has 0 aliphatic carbocycles. The van der Waals surface area contributed by atoms with Crippen LogP contribution in [-0.2, 0) is 21.9 Å². The predicted molar refractivity (Wildman–Crippen MR) is 119 cm³/mol. The van der Waals surface area contributed by atoms with Crippen molar-refractivity contribution < 1.29 is 31.1 Å². The van der Waals surface area contributed by atoms with Crippen LogP contribution in [0.5, 0.6) is 11.5 Å². The first-order valence-corrected chi connectivity index (χ1v) is 11.7. The van der Waals surface area contributed by atoms with Crippen LogP contribution in [0, 0.1) is 0 Å². The second-order valence-electron chi connectivity index (χ2n) is 7.54. The molecule has 0 amide bonds. The van der Waals surface area contributed by atoms with Gasteiger partial charge in [0.15, 0.2) is 0 Å². The second-order valence-corrected chi connectivity index (χ2v) is 9.29. The number of nitrogens with one attached hydrogen (secondary N) is 1. The van der Waals surface area contributed by atoms with Gasteiger partial charge in [0.05, 0.1) is 24.5 Å². The molecule has 1 N–H and O–H groups in total. The van der Waals surface area contributed by atoms with Crippen LogP contribution in [0.15, 0.2) is 67.2 Å². The fourth-order valence-corrected chi connectivity index (χ4v) is 4.88. The number of halogens is 3. The third-order valence-electron chi connectivity index (χ3n) is 5.33. The molecule has 1 heterocycles. The molecule has 33 heavy (non-hydrogen) atoms. The molecule has 0 saturated heterocycles. The van der Waals surface area contributed by atoms with Crippen LogP contribution in [0.4, 0.5) is 13.2 Å². The second kappa shape index (κ2) is 7.93. The van der Waals surface area contributed by atoms with Crippen molar-refractivity contribution in [1.82, 2.24) is 4.72 Å². The summed E-state index contributed by atoms with van der Waals surface area (Å²) in [5.41, 5.74) is -1.08. The summed E-state index contributed by atoms with van der Waals surface area (Å²) in [6.07, 6.45) is -2.23. The van der Waals surface area contributed by atoms with E-state index in [1.54, 1.807) is 36.4 Å². The minimum absolute atomic E-state index is 0.0354. The monoisotopic (exact) mass is 475 g/mol. The molecule has 0 saturated carbocycles.